The lowest BCUT2D eigenvalue weighted by atomic mass is 10.1. The number of rotatable bonds is 5. The van der Waals surface area contributed by atoms with E-state index in [2.05, 4.69) is 20.3 Å². The normalized spacial score (nSPS) is 21.8. The SMILES string of the molecule is Cn1nnc(CN2CCCC2CCCO)n1. The maximum Gasteiger partial charge on any atom is 0.188 e. The number of likely N-dealkylation sites (tertiary alicyclic amines) is 1. The van der Waals surface area contributed by atoms with Crippen LogP contribution in [0.15, 0.2) is 0 Å². The lowest BCUT2D eigenvalue weighted by Gasteiger charge is -2.22. The topological polar surface area (TPSA) is 67.1 Å². The van der Waals surface area contributed by atoms with Crippen LogP contribution in [0.3, 0.4) is 0 Å². The van der Waals surface area contributed by atoms with E-state index in [1.807, 2.05) is 0 Å². The first-order valence-corrected chi connectivity index (χ1v) is 5.87. The number of hydrogen-bond donors (Lipinski definition) is 1. The number of aliphatic hydroxyl groups is 1. The Morgan fingerprint density at radius 2 is 2.38 bits per heavy atom. The first-order valence-electron chi connectivity index (χ1n) is 5.87. The van der Waals surface area contributed by atoms with Crippen LogP contribution in [-0.4, -0.2) is 49.4 Å². The molecule has 0 saturated carbocycles. The van der Waals surface area contributed by atoms with Crippen molar-refractivity contribution in [1.82, 2.24) is 25.1 Å². The average Bonchev–Trinajstić information content (AvgIpc) is 2.86. The second kappa shape index (κ2) is 5.36. The molecule has 0 radical (unpaired) electrons. The van der Waals surface area contributed by atoms with Crippen molar-refractivity contribution in [2.24, 2.45) is 7.05 Å². The van der Waals surface area contributed by atoms with Crippen molar-refractivity contribution < 1.29 is 5.11 Å². The highest BCUT2D eigenvalue weighted by Crippen LogP contribution is 2.22. The Balaban J connectivity index is 1.88. The van der Waals surface area contributed by atoms with Crippen LogP contribution in [0.1, 0.15) is 31.5 Å². The number of hydrogen-bond acceptors (Lipinski definition) is 5. The van der Waals surface area contributed by atoms with Crippen LogP contribution in [0.2, 0.25) is 0 Å². The van der Waals surface area contributed by atoms with Crippen LogP contribution >= 0.6 is 0 Å². The highest BCUT2D eigenvalue weighted by molar-refractivity contribution is 4.85. The summed E-state index contributed by atoms with van der Waals surface area (Å²) in [6.45, 7) is 2.17. The molecule has 1 aliphatic heterocycles. The average molecular weight is 225 g/mol. The molecule has 6 heteroatoms. The summed E-state index contributed by atoms with van der Waals surface area (Å²) >= 11 is 0. The van der Waals surface area contributed by atoms with Crippen molar-refractivity contribution >= 4 is 0 Å². The third kappa shape index (κ3) is 2.76. The van der Waals surface area contributed by atoms with Gasteiger partial charge in [-0.05, 0) is 37.4 Å². The van der Waals surface area contributed by atoms with Crippen molar-refractivity contribution in [2.45, 2.75) is 38.3 Å². The minimum absolute atomic E-state index is 0.285. The Morgan fingerprint density at radius 1 is 1.50 bits per heavy atom. The Morgan fingerprint density at radius 3 is 3.06 bits per heavy atom. The molecule has 6 nitrogen and oxygen atoms in total. The molecule has 1 fully saturated rings. The summed E-state index contributed by atoms with van der Waals surface area (Å²) in [6.07, 6.45) is 4.41. The zero-order chi connectivity index (χ0) is 11.4. The highest BCUT2D eigenvalue weighted by Gasteiger charge is 2.24. The van der Waals surface area contributed by atoms with E-state index in [0.717, 1.165) is 31.8 Å². The van der Waals surface area contributed by atoms with Gasteiger partial charge in [0.05, 0.1) is 13.6 Å². The predicted octanol–water partition coefficient (Wildman–Crippen LogP) is -0.0530. The van der Waals surface area contributed by atoms with Crippen LogP contribution in [0.5, 0.6) is 0 Å². The monoisotopic (exact) mass is 225 g/mol. The van der Waals surface area contributed by atoms with Crippen molar-refractivity contribution in [3.8, 4) is 0 Å². The maximum atomic E-state index is 8.85. The van der Waals surface area contributed by atoms with Gasteiger partial charge in [-0.15, -0.1) is 10.2 Å². The van der Waals surface area contributed by atoms with Crippen molar-refractivity contribution in [2.75, 3.05) is 13.2 Å². The first kappa shape index (κ1) is 11.5. The molecular formula is C10H19N5O. The zero-order valence-corrected chi connectivity index (χ0v) is 9.71. The molecule has 1 unspecified atom stereocenters. The number of tetrazole rings is 1. The third-order valence-electron chi connectivity index (χ3n) is 3.09. The Bertz CT molecular complexity index is 327. The molecular weight excluding hydrogens is 206 g/mol. The van der Waals surface area contributed by atoms with E-state index in [-0.39, 0.29) is 6.61 Å². The van der Waals surface area contributed by atoms with E-state index in [4.69, 9.17) is 5.11 Å². The molecule has 90 valence electrons. The van der Waals surface area contributed by atoms with Gasteiger partial charge in [-0.2, -0.15) is 4.80 Å². The minimum Gasteiger partial charge on any atom is -0.396 e. The van der Waals surface area contributed by atoms with Gasteiger partial charge in [0.25, 0.3) is 0 Å². The molecule has 1 aromatic rings. The van der Waals surface area contributed by atoms with Gasteiger partial charge in [-0.3, -0.25) is 4.90 Å². The van der Waals surface area contributed by atoms with Crippen molar-refractivity contribution in [3.05, 3.63) is 5.82 Å². The fraction of sp³-hybridized carbons (Fsp3) is 0.900. The summed E-state index contributed by atoms with van der Waals surface area (Å²) in [4.78, 5) is 3.89. The van der Waals surface area contributed by atoms with E-state index in [1.54, 1.807) is 7.05 Å². The van der Waals surface area contributed by atoms with Crippen molar-refractivity contribution in [1.29, 1.82) is 0 Å². The summed E-state index contributed by atoms with van der Waals surface area (Å²) in [6, 6.07) is 0.580. The van der Waals surface area contributed by atoms with Crippen LogP contribution in [0.25, 0.3) is 0 Å². The lowest BCUT2D eigenvalue weighted by molar-refractivity contribution is 0.206. The fourth-order valence-electron chi connectivity index (χ4n) is 2.33. The van der Waals surface area contributed by atoms with E-state index in [1.165, 1.54) is 17.6 Å². The van der Waals surface area contributed by atoms with Gasteiger partial charge in [0.2, 0.25) is 0 Å². The Hall–Kier alpha value is -1.01. The fourth-order valence-corrected chi connectivity index (χ4v) is 2.33. The summed E-state index contributed by atoms with van der Waals surface area (Å²) in [5, 5.41) is 20.9. The molecule has 1 aromatic heterocycles. The second-order valence-corrected chi connectivity index (χ2v) is 4.33. The summed E-state index contributed by atoms with van der Waals surface area (Å²) < 4.78 is 0. The van der Waals surface area contributed by atoms with Gasteiger partial charge >= 0.3 is 0 Å². The van der Waals surface area contributed by atoms with Crippen LogP contribution in [0.4, 0.5) is 0 Å². The van der Waals surface area contributed by atoms with Crippen molar-refractivity contribution in [3.63, 3.8) is 0 Å². The highest BCUT2D eigenvalue weighted by atomic mass is 16.2. The van der Waals surface area contributed by atoms with E-state index < -0.39 is 0 Å². The van der Waals surface area contributed by atoms with E-state index in [0.29, 0.717) is 6.04 Å². The molecule has 0 bridgehead atoms. The summed E-state index contributed by atoms with van der Waals surface area (Å²) in [5.74, 6) is 0.790. The quantitative estimate of drug-likeness (QED) is 0.761. The lowest BCUT2D eigenvalue weighted by Crippen LogP contribution is -2.29. The van der Waals surface area contributed by atoms with Crippen LogP contribution in [0, 0.1) is 0 Å². The first-order chi connectivity index (χ1) is 7.79. The molecule has 1 N–H and O–H groups in total. The molecule has 1 saturated heterocycles. The molecule has 0 amide bonds. The van der Waals surface area contributed by atoms with Crippen LogP contribution < -0.4 is 0 Å². The molecule has 0 aliphatic carbocycles. The van der Waals surface area contributed by atoms with E-state index in [9.17, 15) is 0 Å². The van der Waals surface area contributed by atoms with Gasteiger partial charge in [-0.25, -0.2) is 0 Å². The minimum atomic E-state index is 0.285. The van der Waals surface area contributed by atoms with E-state index >= 15 is 0 Å². The molecule has 16 heavy (non-hydrogen) atoms. The van der Waals surface area contributed by atoms with Crippen LogP contribution in [-0.2, 0) is 13.6 Å². The Kier molecular flexibility index (Phi) is 3.84. The van der Waals surface area contributed by atoms with Gasteiger partial charge in [0, 0.05) is 12.6 Å². The smallest absolute Gasteiger partial charge is 0.188 e. The second-order valence-electron chi connectivity index (χ2n) is 4.33. The number of nitrogens with zero attached hydrogens (tertiary/aromatic N) is 5. The van der Waals surface area contributed by atoms with Gasteiger partial charge in [-0.1, -0.05) is 0 Å². The Labute approximate surface area is 95.2 Å². The largest absolute Gasteiger partial charge is 0.396 e. The number of aliphatic hydroxyl groups excluding tert-OH is 1. The van der Waals surface area contributed by atoms with Gasteiger partial charge < -0.3 is 5.11 Å². The number of aryl methyl sites for hydroxylation is 1. The number of aromatic nitrogens is 4. The van der Waals surface area contributed by atoms with Gasteiger partial charge in [0.15, 0.2) is 5.82 Å². The molecule has 1 aliphatic rings. The zero-order valence-electron chi connectivity index (χ0n) is 9.71. The summed E-state index contributed by atoms with van der Waals surface area (Å²) in [5.41, 5.74) is 0. The standard InChI is InChI=1S/C10H19N5O/c1-14-12-10(11-13-14)8-15-6-2-4-9(15)5-3-7-16/h9,16H,2-8H2,1H3. The molecule has 1 atom stereocenters. The molecule has 0 aromatic carbocycles. The molecule has 0 spiro atoms. The maximum absolute atomic E-state index is 8.85. The third-order valence-corrected chi connectivity index (χ3v) is 3.09. The molecule has 2 rings (SSSR count). The summed E-state index contributed by atoms with van der Waals surface area (Å²) in [7, 11) is 1.78. The molecule has 2 heterocycles. The van der Waals surface area contributed by atoms with Gasteiger partial charge in [0.1, 0.15) is 0 Å². The predicted molar refractivity (Wildman–Crippen MR) is 58.5 cm³/mol.